The van der Waals surface area contributed by atoms with Gasteiger partial charge in [-0.2, -0.15) is 0 Å². The van der Waals surface area contributed by atoms with Gasteiger partial charge in [-0.25, -0.2) is 0 Å². The predicted molar refractivity (Wildman–Crippen MR) is 42.5 cm³/mol. The lowest BCUT2D eigenvalue weighted by molar-refractivity contribution is -0.00541. The summed E-state index contributed by atoms with van der Waals surface area (Å²) in [7, 11) is 0. The Morgan fingerprint density at radius 1 is 0.909 bits per heavy atom. The van der Waals surface area contributed by atoms with E-state index in [0.717, 1.165) is 25.7 Å². The van der Waals surface area contributed by atoms with Crippen LogP contribution < -0.4 is 0 Å². The first kappa shape index (κ1) is 7.56. The summed E-state index contributed by atoms with van der Waals surface area (Å²) >= 11 is 0. The van der Waals surface area contributed by atoms with Crippen molar-refractivity contribution in [1.29, 1.82) is 0 Å². The van der Waals surface area contributed by atoms with Crippen molar-refractivity contribution in [3.05, 3.63) is 0 Å². The van der Waals surface area contributed by atoms with Crippen molar-refractivity contribution in [2.24, 2.45) is 5.92 Å². The van der Waals surface area contributed by atoms with E-state index in [1.54, 1.807) is 0 Å². The van der Waals surface area contributed by atoms with Crippen LogP contribution >= 0.6 is 0 Å². The van der Waals surface area contributed by atoms with Crippen molar-refractivity contribution >= 4 is 0 Å². The van der Waals surface area contributed by atoms with Crippen LogP contribution in [0.15, 0.2) is 0 Å². The zero-order chi connectivity index (χ0) is 7.52. The summed E-state index contributed by atoms with van der Waals surface area (Å²) in [5, 5.41) is 0. The van der Waals surface area contributed by atoms with Crippen LogP contribution in [-0.2, 0) is 9.47 Å². The van der Waals surface area contributed by atoms with Crippen molar-refractivity contribution < 1.29 is 9.47 Å². The van der Waals surface area contributed by atoms with Gasteiger partial charge in [0.15, 0.2) is 0 Å². The smallest absolute Gasteiger partial charge is 0.0605 e. The average Bonchev–Trinajstić information content (AvgIpc) is 2.58. The van der Waals surface area contributed by atoms with Crippen LogP contribution in [0.5, 0.6) is 0 Å². The fourth-order valence-corrected chi connectivity index (χ4v) is 2.06. The second kappa shape index (κ2) is 3.55. The normalized spacial score (nSPS) is 34.4. The Labute approximate surface area is 67.9 Å². The maximum atomic E-state index is 5.64. The average molecular weight is 156 g/mol. The van der Waals surface area contributed by atoms with Gasteiger partial charge in [-0.05, 0) is 31.6 Å². The first-order chi connectivity index (χ1) is 5.47. The third-order valence-corrected chi connectivity index (χ3v) is 2.76. The zero-order valence-electron chi connectivity index (χ0n) is 6.92. The van der Waals surface area contributed by atoms with Crippen LogP contribution in [0.2, 0.25) is 0 Å². The quantitative estimate of drug-likeness (QED) is 0.574. The Morgan fingerprint density at radius 2 is 1.73 bits per heavy atom. The molecule has 0 aliphatic carbocycles. The number of hydrogen-bond donors (Lipinski definition) is 0. The van der Waals surface area contributed by atoms with Crippen LogP contribution in [0, 0.1) is 5.92 Å². The van der Waals surface area contributed by atoms with E-state index in [4.69, 9.17) is 9.47 Å². The molecule has 2 nitrogen and oxygen atoms in total. The van der Waals surface area contributed by atoms with Gasteiger partial charge in [0.05, 0.1) is 6.10 Å². The van der Waals surface area contributed by atoms with Crippen molar-refractivity contribution in [2.45, 2.75) is 31.8 Å². The summed E-state index contributed by atoms with van der Waals surface area (Å²) in [6.07, 6.45) is 5.54. The Kier molecular flexibility index (Phi) is 2.44. The molecule has 2 rings (SSSR count). The molecule has 2 saturated heterocycles. The van der Waals surface area contributed by atoms with Crippen LogP contribution in [0.3, 0.4) is 0 Å². The molecule has 2 heterocycles. The molecule has 2 fully saturated rings. The molecular formula is C9H16O2. The maximum Gasteiger partial charge on any atom is 0.0605 e. The van der Waals surface area contributed by atoms with Gasteiger partial charge in [-0.1, -0.05) is 0 Å². The van der Waals surface area contributed by atoms with E-state index in [1.165, 1.54) is 25.7 Å². The first-order valence-electron chi connectivity index (χ1n) is 4.66. The van der Waals surface area contributed by atoms with Gasteiger partial charge in [-0.15, -0.1) is 0 Å². The lowest BCUT2D eigenvalue weighted by Gasteiger charge is -2.26. The molecule has 0 aromatic heterocycles. The van der Waals surface area contributed by atoms with E-state index in [0.29, 0.717) is 6.10 Å². The van der Waals surface area contributed by atoms with Crippen LogP contribution in [-0.4, -0.2) is 25.9 Å². The SMILES string of the molecule is C1COC(C2CCOCC2)C1. The molecule has 1 unspecified atom stereocenters. The molecule has 0 amide bonds. The van der Waals surface area contributed by atoms with Gasteiger partial charge < -0.3 is 9.47 Å². The number of ether oxygens (including phenoxy) is 2. The Hall–Kier alpha value is -0.0800. The van der Waals surface area contributed by atoms with Gasteiger partial charge in [0.25, 0.3) is 0 Å². The highest BCUT2D eigenvalue weighted by Gasteiger charge is 2.27. The van der Waals surface area contributed by atoms with Crippen LogP contribution in [0.4, 0.5) is 0 Å². The zero-order valence-corrected chi connectivity index (χ0v) is 6.92. The van der Waals surface area contributed by atoms with E-state index in [-0.39, 0.29) is 0 Å². The molecule has 0 saturated carbocycles. The Bertz CT molecular complexity index is 113. The molecule has 1 atom stereocenters. The molecular weight excluding hydrogens is 140 g/mol. The summed E-state index contributed by atoms with van der Waals surface area (Å²) in [6.45, 7) is 2.89. The largest absolute Gasteiger partial charge is 0.381 e. The first-order valence-corrected chi connectivity index (χ1v) is 4.66. The molecule has 0 radical (unpaired) electrons. The van der Waals surface area contributed by atoms with Crippen molar-refractivity contribution in [3.8, 4) is 0 Å². The monoisotopic (exact) mass is 156 g/mol. The number of rotatable bonds is 1. The molecule has 0 aromatic carbocycles. The van der Waals surface area contributed by atoms with Crippen molar-refractivity contribution in [1.82, 2.24) is 0 Å². The van der Waals surface area contributed by atoms with E-state index in [2.05, 4.69) is 0 Å². The topological polar surface area (TPSA) is 18.5 Å². The second-order valence-corrected chi connectivity index (χ2v) is 3.50. The lowest BCUT2D eigenvalue weighted by Crippen LogP contribution is -2.26. The van der Waals surface area contributed by atoms with E-state index in [9.17, 15) is 0 Å². The minimum atomic E-state index is 0.568. The molecule has 2 aliphatic heterocycles. The fourth-order valence-electron chi connectivity index (χ4n) is 2.06. The van der Waals surface area contributed by atoms with E-state index >= 15 is 0 Å². The molecule has 0 N–H and O–H groups in total. The van der Waals surface area contributed by atoms with Gasteiger partial charge in [-0.3, -0.25) is 0 Å². The van der Waals surface area contributed by atoms with Crippen molar-refractivity contribution in [2.75, 3.05) is 19.8 Å². The summed E-state index contributed by atoms with van der Waals surface area (Å²) in [5.41, 5.74) is 0. The standard InChI is InChI=1S/C9H16O2/c1-2-9(11-5-1)8-3-6-10-7-4-8/h8-9H,1-7H2. The highest BCUT2D eigenvalue weighted by Crippen LogP contribution is 2.27. The highest BCUT2D eigenvalue weighted by atomic mass is 16.5. The fraction of sp³-hybridized carbons (Fsp3) is 1.00. The lowest BCUT2D eigenvalue weighted by atomic mass is 9.92. The minimum absolute atomic E-state index is 0.568. The molecule has 0 aromatic rings. The highest BCUT2D eigenvalue weighted by molar-refractivity contribution is 4.76. The van der Waals surface area contributed by atoms with Crippen molar-refractivity contribution in [3.63, 3.8) is 0 Å². The summed E-state index contributed by atoms with van der Waals surface area (Å²) in [4.78, 5) is 0. The Balaban J connectivity index is 1.82. The molecule has 0 bridgehead atoms. The second-order valence-electron chi connectivity index (χ2n) is 3.50. The molecule has 2 heteroatoms. The minimum Gasteiger partial charge on any atom is -0.381 e. The predicted octanol–water partition coefficient (Wildman–Crippen LogP) is 1.59. The summed E-state index contributed by atoms with van der Waals surface area (Å²) in [6, 6.07) is 0. The third kappa shape index (κ3) is 1.74. The summed E-state index contributed by atoms with van der Waals surface area (Å²) in [5.74, 6) is 0.797. The molecule has 64 valence electrons. The van der Waals surface area contributed by atoms with Gasteiger partial charge in [0, 0.05) is 19.8 Å². The Morgan fingerprint density at radius 3 is 2.36 bits per heavy atom. The van der Waals surface area contributed by atoms with E-state index < -0.39 is 0 Å². The molecule has 11 heavy (non-hydrogen) atoms. The van der Waals surface area contributed by atoms with Gasteiger partial charge in [0.1, 0.15) is 0 Å². The molecule has 0 spiro atoms. The van der Waals surface area contributed by atoms with Crippen LogP contribution in [0.25, 0.3) is 0 Å². The molecule has 2 aliphatic rings. The third-order valence-electron chi connectivity index (χ3n) is 2.76. The maximum absolute atomic E-state index is 5.64. The summed E-state index contributed by atoms with van der Waals surface area (Å²) < 4.78 is 10.9. The van der Waals surface area contributed by atoms with Gasteiger partial charge >= 0.3 is 0 Å². The van der Waals surface area contributed by atoms with Gasteiger partial charge in [0.2, 0.25) is 0 Å². The van der Waals surface area contributed by atoms with E-state index in [1.807, 2.05) is 0 Å². The van der Waals surface area contributed by atoms with Crippen LogP contribution in [0.1, 0.15) is 25.7 Å². The number of hydrogen-bond acceptors (Lipinski definition) is 2.